The highest BCUT2D eigenvalue weighted by Gasteiger charge is 2.04. The number of benzene rings is 2. The van der Waals surface area contributed by atoms with Crippen LogP contribution >= 0.6 is 22.6 Å². The largest absolute Gasteiger partial charge is 0.399 e. The molecule has 92 valence electrons. The van der Waals surface area contributed by atoms with Crippen molar-refractivity contribution in [3.8, 4) is 0 Å². The summed E-state index contributed by atoms with van der Waals surface area (Å²) in [7, 11) is 0. The molecule has 0 atom stereocenters. The van der Waals surface area contributed by atoms with Gasteiger partial charge in [0.05, 0.1) is 6.42 Å². The molecule has 0 heterocycles. The van der Waals surface area contributed by atoms with Gasteiger partial charge in [0.25, 0.3) is 0 Å². The number of carbonyl (C=O) groups is 1. The van der Waals surface area contributed by atoms with Crippen molar-refractivity contribution < 1.29 is 4.79 Å². The molecule has 1 amide bonds. The molecular formula is C14H13IN2O. The van der Waals surface area contributed by atoms with E-state index in [1.54, 1.807) is 6.07 Å². The van der Waals surface area contributed by atoms with Crippen LogP contribution in [-0.2, 0) is 11.2 Å². The Kier molecular flexibility index (Phi) is 4.19. The van der Waals surface area contributed by atoms with E-state index in [0.29, 0.717) is 12.1 Å². The number of anilines is 2. The van der Waals surface area contributed by atoms with E-state index in [1.165, 1.54) is 0 Å². The summed E-state index contributed by atoms with van der Waals surface area (Å²) >= 11 is 2.21. The average Bonchev–Trinajstić information content (AvgIpc) is 2.28. The molecule has 0 saturated carbocycles. The molecule has 0 aliphatic heterocycles. The van der Waals surface area contributed by atoms with E-state index in [-0.39, 0.29) is 5.91 Å². The lowest BCUT2D eigenvalue weighted by molar-refractivity contribution is -0.115. The summed E-state index contributed by atoms with van der Waals surface area (Å²) in [5.74, 6) is -0.0393. The van der Waals surface area contributed by atoms with E-state index in [4.69, 9.17) is 5.73 Å². The molecule has 18 heavy (non-hydrogen) atoms. The third-order valence-corrected chi connectivity index (χ3v) is 3.10. The van der Waals surface area contributed by atoms with Crippen LogP contribution in [0.2, 0.25) is 0 Å². The lowest BCUT2D eigenvalue weighted by Gasteiger charge is -2.06. The monoisotopic (exact) mass is 352 g/mol. The Hall–Kier alpha value is -1.56. The fourth-order valence-electron chi connectivity index (χ4n) is 1.66. The molecule has 0 bridgehead atoms. The van der Waals surface area contributed by atoms with Gasteiger partial charge in [-0.05, 0) is 58.5 Å². The van der Waals surface area contributed by atoms with Crippen LogP contribution in [0.15, 0.2) is 48.5 Å². The average molecular weight is 352 g/mol. The van der Waals surface area contributed by atoms with Gasteiger partial charge < -0.3 is 11.1 Å². The van der Waals surface area contributed by atoms with Crippen LogP contribution in [0.3, 0.4) is 0 Å². The molecule has 0 spiro atoms. The van der Waals surface area contributed by atoms with Crippen LogP contribution in [0.5, 0.6) is 0 Å². The number of nitrogens with one attached hydrogen (secondary N) is 1. The molecular weight excluding hydrogens is 339 g/mol. The molecule has 3 N–H and O–H groups in total. The van der Waals surface area contributed by atoms with E-state index >= 15 is 0 Å². The van der Waals surface area contributed by atoms with Gasteiger partial charge in [-0.15, -0.1) is 0 Å². The van der Waals surface area contributed by atoms with Crippen molar-refractivity contribution in [3.63, 3.8) is 0 Å². The first kappa shape index (κ1) is 12.9. The van der Waals surface area contributed by atoms with Crippen molar-refractivity contribution in [2.75, 3.05) is 11.1 Å². The Morgan fingerprint density at radius 3 is 2.67 bits per heavy atom. The summed E-state index contributed by atoms with van der Waals surface area (Å²) in [5.41, 5.74) is 8.08. The molecule has 2 aromatic rings. The van der Waals surface area contributed by atoms with E-state index in [0.717, 1.165) is 14.8 Å². The maximum Gasteiger partial charge on any atom is 0.228 e. The van der Waals surface area contributed by atoms with Gasteiger partial charge in [0.2, 0.25) is 5.91 Å². The zero-order valence-corrected chi connectivity index (χ0v) is 11.8. The fourth-order valence-corrected chi connectivity index (χ4v) is 2.20. The lowest BCUT2D eigenvalue weighted by atomic mass is 10.1. The van der Waals surface area contributed by atoms with Gasteiger partial charge in [-0.1, -0.05) is 18.2 Å². The number of rotatable bonds is 3. The summed E-state index contributed by atoms with van der Waals surface area (Å²) in [6, 6.07) is 15.1. The summed E-state index contributed by atoms with van der Waals surface area (Å²) in [6.45, 7) is 0. The number of nitrogens with two attached hydrogens (primary N) is 1. The lowest BCUT2D eigenvalue weighted by Crippen LogP contribution is -2.14. The second-order valence-corrected chi connectivity index (χ2v) is 5.23. The van der Waals surface area contributed by atoms with Crippen LogP contribution in [0.25, 0.3) is 0 Å². The van der Waals surface area contributed by atoms with Crippen LogP contribution in [0.4, 0.5) is 11.4 Å². The zero-order chi connectivity index (χ0) is 13.0. The highest BCUT2D eigenvalue weighted by Crippen LogP contribution is 2.13. The SMILES string of the molecule is Nc1cccc(CC(=O)Nc2cccc(I)c2)c1. The second-order valence-electron chi connectivity index (χ2n) is 3.98. The van der Waals surface area contributed by atoms with E-state index in [2.05, 4.69) is 27.9 Å². The van der Waals surface area contributed by atoms with Gasteiger partial charge in [0, 0.05) is 14.9 Å². The third-order valence-electron chi connectivity index (χ3n) is 2.42. The van der Waals surface area contributed by atoms with E-state index in [9.17, 15) is 4.79 Å². The van der Waals surface area contributed by atoms with E-state index < -0.39 is 0 Å². The second kappa shape index (κ2) is 5.86. The Morgan fingerprint density at radius 1 is 1.17 bits per heavy atom. The predicted molar refractivity (Wildman–Crippen MR) is 82.3 cm³/mol. The Labute approximate surface area is 120 Å². The van der Waals surface area contributed by atoms with E-state index in [1.807, 2.05) is 42.5 Å². The fraction of sp³-hybridized carbons (Fsp3) is 0.0714. The zero-order valence-electron chi connectivity index (χ0n) is 9.69. The minimum Gasteiger partial charge on any atom is -0.399 e. The van der Waals surface area contributed by atoms with Crippen molar-refractivity contribution in [2.24, 2.45) is 0 Å². The smallest absolute Gasteiger partial charge is 0.228 e. The highest BCUT2D eigenvalue weighted by molar-refractivity contribution is 14.1. The number of amides is 1. The molecule has 0 fully saturated rings. The molecule has 0 saturated heterocycles. The Morgan fingerprint density at radius 2 is 1.94 bits per heavy atom. The molecule has 4 heteroatoms. The number of hydrogen-bond donors (Lipinski definition) is 2. The number of hydrogen-bond acceptors (Lipinski definition) is 2. The Balaban J connectivity index is 2.01. The number of halogens is 1. The third kappa shape index (κ3) is 3.73. The topological polar surface area (TPSA) is 55.1 Å². The van der Waals surface area contributed by atoms with Gasteiger partial charge in [0.15, 0.2) is 0 Å². The molecule has 0 radical (unpaired) electrons. The number of nitrogen functional groups attached to an aromatic ring is 1. The van der Waals surface area contributed by atoms with Crippen molar-refractivity contribution in [3.05, 3.63) is 57.7 Å². The summed E-state index contributed by atoms with van der Waals surface area (Å²) in [5, 5.41) is 2.87. The molecule has 0 aliphatic carbocycles. The van der Waals surface area contributed by atoms with Gasteiger partial charge in [0.1, 0.15) is 0 Å². The van der Waals surface area contributed by atoms with Crippen molar-refractivity contribution >= 4 is 39.9 Å². The van der Waals surface area contributed by atoms with Crippen LogP contribution in [0, 0.1) is 3.57 Å². The standard InChI is InChI=1S/C14H13IN2O/c15-11-4-2-6-13(9-11)17-14(18)8-10-3-1-5-12(16)7-10/h1-7,9H,8,16H2,(H,17,18). The quantitative estimate of drug-likeness (QED) is 0.659. The molecule has 0 unspecified atom stereocenters. The molecule has 0 aliphatic rings. The molecule has 2 aromatic carbocycles. The predicted octanol–water partition coefficient (Wildman–Crippen LogP) is 3.05. The Bertz CT molecular complexity index is 520. The summed E-state index contributed by atoms with van der Waals surface area (Å²) < 4.78 is 1.09. The van der Waals surface area contributed by atoms with Crippen molar-refractivity contribution in [1.82, 2.24) is 0 Å². The molecule has 0 aromatic heterocycles. The van der Waals surface area contributed by atoms with Gasteiger partial charge >= 0.3 is 0 Å². The van der Waals surface area contributed by atoms with Crippen molar-refractivity contribution in [2.45, 2.75) is 6.42 Å². The maximum atomic E-state index is 11.9. The molecule has 3 nitrogen and oxygen atoms in total. The first-order valence-corrected chi connectivity index (χ1v) is 6.61. The van der Waals surface area contributed by atoms with Gasteiger partial charge in [-0.2, -0.15) is 0 Å². The van der Waals surface area contributed by atoms with Crippen molar-refractivity contribution in [1.29, 1.82) is 0 Å². The maximum absolute atomic E-state index is 11.9. The minimum absolute atomic E-state index is 0.0393. The van der Waals surface area contributed by atoms with Gasteiger partial charge in [-0.25, -0.2) is 0 Å². The normalized spacial score (nSPS) is 10.1. The van der Waals surface area contributed by atoms with Crippen LogP contribution in [0.1, 0.15) is 5.56 Å². The molecule has 2 rings (SSSR count). The highest BCUT2D eigenvalue weighted by atomic mass is 127. The minimum atomic E-state index is -0.0393. The number of carbonyl (C=O) groups excluding carboxylic acids is 1. The van der Waals surface area contributed by atoms with Crippen LogP contribution in [-0.4, -0.2) is 5.91 Å². The summed E-state index contributed by atoms with van der Waals surface area (Å²) in [4.78, 5) is 11.9. The summed E-state index contributed by atoms with van der Waals surface area (Å²) in [6.07, 6.45) is 0.330. The first-order valence-electron chi connectivity index (χ1n) is 5.53. The van der Waals surface area contributed by atoms with Crippen LogP contribution < -0.4 is 11.1 Å². The first-order chi connectivity index (χ1) is 8.63. The van der Waals surface area contributed by atoms with Gasteiger partial charge in [-0.3, -0.25) is 4.79 Å².